The first-order valence-electron chi connectivity index (χ1n) is 7.92. The monoisotopic (exact) mass is 355 g/mol. The maximum absolute atomic E-state index is 3.46. The maximum atomic E-state index is 3.46. The van der Waals surface area contributed by atoms with E-state index in [1.54, 1.807) is 11.1 Å². The molecule has 114 valence electrons. The zero-order valence-corrected chi connectivity index (χ0v) is 14.6. The smallest absolute Gasteiger partial charge is 0.0234 e. The molecular formula is C20H22BrN. The van der Waals surface area contributed by atoms with Gasteiger partial charge in [0.25, 0.3) is 0 Å². The summed E-state index contributed by atoms with van der Waals surface area (Å²) in [5, 5.41) is 0. The molecule has 1 aliphatic carbocycles. The van der Waals surface area contributed by atoms with Gasteiger partial charge in [0.2, 0.25) is 0 Å². The fourth-order valence-electron chi connectivity index (χ4n) is 3.04. The van der Waals surface area contributed by atoms with Crippen molar-refractivity contribution in [1.82, 2.24) is 4.90 Å². The van der Waals surface area contributed by atoms with Crippen molar-refractivity contribution < 1.29 is 0 Å². The predicted molar refractivity (Wildman–Crippen MR) is 98.0 cm³/mol. The Morgan fingerprint density at radius 1 is 1.05 bits per heavy atom. The number of halogens is 1. The summed E-state index contributed by atoms with van der Waals surface area (Å²) >= 11 is 3.46. The van der Waals surface area contributed by atoms with Gasteiger partial charge in [0.05, 0.1) is 0 Å². The molecule has 0 unspecified atom stereocenters. The largest absolute Gasteiger partial charge is 0.298 e. The third-order valence-corrected chi connectivity index (χ3v) is 4.74. The Morgan fingerprint density at radius 3 is 2.64 bits per heavy atom. The average Bonchev–Trinajstić information content (AvgIpc) is 2.97. The molecule has 0 radical (unpaired) electrons. The first kappa shape index (κ1) is 15.5. The van der Waals surface area contributed by atoms with Crippen LogP contribution in [-0.4, -0.2) is 18.5 Å². The molecular weight excluding hydrogens is 334 g/mol. The van der Waals surface area contributed by atoms with E-state index in [1.165, 1.54) is 30.4 Å². The lowest BCUT2D eigenvalue weighted by atomic mass is 10.1. The third kappa shape index (κ3) is 4.08. The predicted octanol–water partition coefficient (Wildman–Crippen LogP) is 5.08. The second-order valence-corrected chi connectivity index (χ2v) is 7.02. The SMILES string of the molecule is CN(C/C=C/c1ccc(Br)cc1)Cc1ccc2c(c1)CCC2. The molecule has 0 saturated heterocycles. The van der Waals surface area contributed by atoms with Crippen LogP contribution in [0.1, 0.15) is 28.7 Å². The van der Waals surface area contributed by atoms with Crippen molar-refractivity contribution in [3.8, 4) is 0 Å². The van der Waals surface area contributed by atoms with Gasteiger partial charge in [-0.1, -0.05) is 58.4 Å². The highest BCUT2D eigenvalue weighted by Gasteiger charge is 2.11. The van der Waals surface area contributed by atoms with Crippen LogP contribution in [0.25, 0.3) is 6.08 Å². The van der Waals surface area contributed by atoms with E-state index in [0.29, 0.717) is 0 Å². The molecule has 0 bridgehead atoms. The molecule has 1 nitrogen and oxygen atoms in total. The Hall–Kier alpha value is -1.38. The number of likely N-dealkylation sites (N-methyl/N-ethyl adjacent to an activating group) is 1. The van der Waals surface area contributed by atoms with Gasteiger partial charge in [-0.2, -0.15) is 0 Å². The van der Waals surface area contributed by atoms with Crippen molar-refractivity contribution in [2.24, 2.45) is 0 Å². The van der Waals surface area contributed by atoms with Crippen LogP contribution in [0.2, 0.25) is 0 Å². The minimum absolute atomic E-state index is 0.965. The minimum Gasteiger partial charge on any atom is -0.298 e. The average molecular weight is 356 g/mol. The Balaban J connectivity index is 1.54. The molecule has 0 heterocycles. The fourth-order valence-corrected chi connectivity index (χ4v) is 3.31. The molecule has 2 aromatic rings. The van der Waals surface area contributed by atoms with E-state index in [4.69, 9.17) is 0 Å². The van der Waals surface area contributed by atoms with Gasteiger partial charge in [-0.25, -0.2) is 0 Å². The van der Waals surface area contributed by atoms with E-state index in [0.717, 1.165) is 17.6 Å². The molecule has 2 heteroatoms. The van der Waals surface area contributed by atoms with Crippen LogP contribution in [0.15, 0.2) is 53.0 Å². The van der Waals surface area contributed by atoms with Gasteiger partial charge in [-0.15, -0.1) is 0 Å². The summed E-state index contributed by atoms with van der Waals surface area (Å²) in [6, 6.07) is 15.4. The highest BCUT2D eigenvalue weighted by molar-refractivity contribution is 9.10. The number of aryl methyl sites for hydroxylation is 2. The summed E-state index contributed by atoms with van der Waals surface area (Å²) in [5.74, 6) is 0. The van der Waals surface area contributed by atoms with Crippen molar-refractivity contribution >= 4 is 22.0 Å². The van der Waals surface area contributed by atoms with Crippen LogP contribution in [0.5, 0.6) is 0 Å². The van der Waals surface area contributed by atoms with Crippen LogP contribution < -0.4 is 0 Å². The number of rotatable bonds is 5. The summed E-state index contributed by atoms with van der Waals surface area (Å²) in [6.07, 6.45) is 8.27. The summed E-state index contributed by atoms with van der Waals surface area (Å²) in [6.45, 7) is 1.98. The first-order valence-corrected chi connectivity index (χ1v) is 8.71. The van der Waals surface area contributed by atoms with E-state index < -0.39 is 0 Å². The molecule has 3 rings (SSSR count). The van der Waals surface area contributed by atoms with Crippen LogP contribution in [-0.2, 0) is 19.4 Å². The summed E-state index contributed by atoms with van der Waals surface area (Å²) in [4.78, 5) is 2.35. The van der Waals surface area contributed by atoms with Gasteiger partial charge in [0, 0.05) is 17.6 Å². The van der Waals surface area contributed by atoms with Gasteiger partial charge in [0.1, 0.15) is 0 Å². The second kappa shape index (κ2) is 7.26. The molecule has 0 N–H and O–H groups in total. The highest BCUT2D eigenvalue weighted by Crippen LogP contribution is 2.23. The molecule has 2 aromatic carbocycles. The normalized spacial score (nSPS) is 14.0. The standard InChI is InChI=1S/C20H22BrN/c1-22(13-3-4-16-8-11-20(21)12-9-16)15-17-7-10-18-5-2-6-19(18)14-17/h3-4,7-12,14H,2,5-6,13,15H2,1H3/b4-3+. The van der Waals surface area contributed by atoms with E-state index in [1.807, 2.05) is 0 Å². The van der Waals surface area contributed by atoms with Crippen molar-refractivity contribution in [3.63, 3.8) is 0 Å². The Morgan fingerprint density at radius 2 is 1.82 bits per heavy atom. The van der Waals surface area contributed by atoms with Gasteiger partial charge >= 0.3 is 0 Å². The first-order chi connectivity index (χ1) is 10.7. The Bertz CT molecular complexity index is 658. The van der Waals surface area contributed by atoms with Gasteiger partial charge in [0.15, 0.2) is 0 Å². The van der Waals surface area contributed by atoms with E-state index in [9.17, 15) is 0 Å². The fraction of sp³-hybridized carbons (Fsp3) is 0.300. The van der Waals surface area contributed by atoms with Crippen LogP contribution in [0.4, 0.5) is 0 Å². The second-order valence-electron chi connectivity index (χ2n) is 6.11. The molecule has 1 aliphatic rings. The Kier molecular flexibility index (Phi) is 5.12. The molecule has 0 aromatic heterocycles. The number of hydrogen-bond donors (Lipinski definition) is 0. The lowest BCUT2D eigenvalue weighted by Gasteiger charge is -2.15. The number of hydrogen-bond acceptors (Lipinski definition) is 1. The zero-order chi connectivity index (χ0) is 15.4. The Labute approximate surface area is 141 Å². The third-order valence-electron chi connectivity index (χ3n) is 4.21. The van der Waals surface area contributed by atoms with E-state index in [-0.39, 0.29) is 0 Å². The van der Waals surface area contributed by atoms with Crippen LogP contribution in [0.3, 0.4) is 0 Å². The van der Waals surface area contributed by atoms with Crippen molar-refractivity contribution in [2.75, 3.05) is 13.6 Å². The quantitative estimate of drug-likeness (QED) is 0.722. The highest BCUT2D eigenvalue weighted by atomic mass is 79.9. The summed E-state index contributed by atoms with van der Waals surface area (Å²) in [5.41, 5.74) is 5.80. The molecule has 0 spiro atoms. The molecule has 0 saturated carbocycles. The van der Waals surface area contributed by atoms with Gasteiger partial charge in [-0.05, 0) is 60.7 Å². The molecule has 22 heavy (non-hydrogen) atoms. The lowest BCUT2D eigenvalue weighted by molar-refractivity contribution is 0.364. The van der Waals surface area contributed by atoms with Gasteiger partial charge < -0.3 is 0 Å². The topological polar surface area (TPSA) is 3.24 Å². The van der Waals surface area contributed by atoms with Crippen molar-refractivity contribution in [2.45, 2.75) is 25.8 Å². The molecule has 0 amide bonds. The van der Waals surface area contributed by atoms with Crippen molar-refractivity contribution in [1.29, 1.82) is 0 Å². The number of fused-ring (bicyclic) bond motifs is 1. The molecule has 0 fully saturated rings. The van der Waals surface area contributed by atoms with Crippen LogP contribution in [0, 0.1) is 0 Å². The summed E-state index contributed by atoms with van der Waals surface area (Å²) in [7, 11) is 2.18. The van der Waals surface area contributed by atoms with Gasteiger partial charge in [-0.3, -0.25) is 4.90 Å². The zero-order valence-electron chi connectivity index (χ0n) is 13.1. The molecule has 0 atom stereocenters. The molecule has 0 aliphatic heterocycles. The van der Waals surface area contributed by atoms with Crippen molar-refractivity contribution in [3.05, 3.63) is 75.3 Å². The minimum atomic E-state index is 0.965. The maximum Gasteiger partial charge on any atom is 0.0234 e. The number of nitrogens with zero attached hydrogens (tertiary/aromatic N) is 1. The number of benzene rings is 2. The van der Waals surface area contributed by atoms with E-state index in [2.05, 4.69) is 82.5 Å². The van der Waals surface area contributed by atoms with E-state index >= 15 is 0 Å². The summed E-state index contributed by atoms with van der Waals surface area (Å²) < 4.78 is 1.12. The lowest BCUT2D eigenvalue weighted by Crippen LogP contribution is -2.17. The van der Waals surface area contributed by atoms with Crippen LogP contribution >= 0.6 is 15.9 Å².